The third-order valence-corrected chi connectivity index (χ3v) is 4.32. The lowest BCUT2D eigenvalue weighted by atomic mass is 10.3. The standard InChI is InChI=1S/C20H21FN6O2.ClH/c1-28-17-7-3-6-16(13-17)23-19-24-18(22-15-5-2-4-14(21)12-15)25-20(26-19)27-8-10-29-11-9-27;/h2-7,12-13H,8-11H2,1H3,(H2,22,23,24,25,26);1H. The molecule has 10 heteroatoms. The lowest BCUT2D eigenvalue weighted by Crippen LogP contribution is -2.37. The van der Waals surface area contributed by atoms with Gasteiger partial charge in [0.05, 0.1) is 20.3 Å². The van der Waals surface area contributed by atoms with Crippen LogP contribution in [0, 0.1) is 5.82 Å². The zero-order valence-corrected chi connectivity index (χ0v) is 17.2. The Balaban J connectivity index is 0.00000256. The SMILES string of the molecule is COc1cccc(Nc2nc(Nc3cccc(F)c3)nc(N3CCOCC3)n2)c1.Cl. The van der Waals surface area contributed by atoms with E-state index in [1.807, 2.05) is 29.2 Å². The van der Waals surface area contributed by atoms with E-state index in [4.69, 9.17) is 9.47 Å². The second-order valence-corrected chi connectivity index (χ2v) is 6.37. The molecule has 30 heavy (non-hydrogen) atoms. The van der Waals surface area contributed by atoms with E-state index >= 15 is 0 Å². The van der Waals surface area contributed by atoms with E-state index in [1.165, 1.54) is 12.1 Å². The first-order chi connectivity index (χ1) is 14.2. The van der Waals surface area contributed by atoms with Crippen LogP contribution in [0.3, 0.4) is 0 Å². The lowest BCUT2D eigenvalue weighted by molar-refractivity contribution is 0.122. The van der Waals surface area contributed by atoms with Gasteiger partial charge in [-0.15, -0.1) is 12.4 Å². The smallest absolute Gasteiger partial charge is 0.233 e. The van der Waals surface area contributed by atoms with Crippen molar-refractivity contribution in [1.82, 2.24) is 15.0 Å². The highest BCUT2D eigenvalue weighted by Gasteiger charge is 2.17. The molecular weight excluding hydrogens is 411 g/mol. The fraction of sp³-hybridized carbons (Fsp3) is 0.250. The molecule has 0 bridgehead atoms. The van der Waals surface area contributed by atoms with Crippen molar-refractivity contribution in [3.05, 3.63) is 54.3 Å². The van der Waals surface area contributed by atoms with E-state index in [1.54, 1.807) is 19.2 Å². The van der Waals surface area contributed by atoms with Crippen molar-refractivity contribution in [2.45, 2.75) is 0 Å². The number of aromatic nitrogens is 3. The predicted octanol–water partition coefficient (Wildman–Crippen LogP) is 3.76. The summed E-state index contributed by atoms with van der Waals surface area (Å²) in [5.74, 6) is 1.58. The summed E-state index contributed by atoms with van der Waals surface area (Å²) in [6.45, 7) is 2.58. The average molecular weight is 433 g/mol. The van der Waals surface area contributed by atoms with Gasteiger partial charge < -0.3 is 25.0 Å². The van der Waals surface area contributed by atoms with Crippen LogP contribution in [0.15, 0.2) is 48.5 Å². The molecule has 0 radical (unpaired) electrons. The first-order valence-electron chi connectivity index (χ1n) is 9.22. The lowest BCUT2D eigenvalue weighted by Gasteiger charge is -2.27. The van der Waals surface area contributed by atoms with Crippen LogP contribution < -0.4 is 20.3 Å². The summed E-state index contributed by atoms with van der Waals surface area (Å²) in [6.07, 6.45) is 0. The summed E-state index contributed by atoms with van der Waals surface area (Å²) >= 11 is 0. The van der Waals surface area contributed by atoms with E-state index in [0.717, 1.165) is 11.4 Å². The fourth-order valence-corrected chi connectivity index (χ4v) is 2.91. The average Bonchev–Trinajstić information content (AvgIpc) is 2.74. The van der Waals surface area contributed by atoms with Gasteiger partial charge in [0.25, 0.3) is 0 Å². The van der Waals surface area contributed by atoms with Crippen LogP contribution in [0.25, 0.3) is 0 Å². The highest BCUT2D eigenvalue weighted by Crippen LogP contribution is 2.23. The Bertz CT molecular complexity index is 987. The zero-order chi connectivity index (χ0) is 20.1. The van der Waals surface area contributed by atoms with Gasteiger partial charge >= 0.3 is 0 Å². The highest BCUT2D eigenvalue weighted by molar-refractivity contribution is 5.85. The molecule has 0 unspecified atom stereocenters. The minimum Gasteiger partial charge on any atom is -0.497 e. The summed E-state index contributed by atoms with van der Waals surface area (Å²) in [5, 5.41) is 6.23. The van der Waals surface area contributed by atoms with Gasteiger partial charge in [0.1, 0.15) is 11.6 Å². The van der Waals surface area contributed by atoms with Gasteiger partial charge in [-0.25, -0.2) is 4.39 Å². The summed E-state index contributed by atoms with van der Waals surface area (Å²) < 4.78 is 24.2. The zero-order valence-electron chi connectivity index (χ0n) is 16.3. The molecule has 8 nitrogen and oxygen atoms in total. The molecule has 2 N–H and O–H groups in total. The van der Waals surface area contributed by atoms with Gasteiger partial charge in [0.15, 0.2) is 0 Å². The maximum Gasteiger partial charge on any atom is 0.233 e. The maximum absolute atomic E-state index is 13.5. The molecule has 1 fully saturated rings. The van der Waals surface area contributed by atoms with E-state index in [0.29, 0.717) is 49.8 Å². The Morgan fingerprint density at radius 3 is 2.20 bits per heavy atom. The molecule has 4 rings (SSSR count). The van der Waals surface area contributed by atoms with Crippen molar-refractivity contribution in [3.63, 3.8) is 0 Å². The Kier molecular flexibility index (Phi) is 7.21. The third-order valence-electron chi connectivity index (χ3n) is 4.32. The minimum atomic E-state index is -0.341. The second kappa shape index (κ2) is 10.0. The van der Waals surface area contributed by atoms with E-state index in [2.05, 4.69) is 25.6 Å². The number of methoxy groups -OCH3 is 1. The molecule has 1 aromatic heterocycles. The van der Waals surface area contributed by atoms with Gasteiger partial charge in [-0.1, -0.05) is 12.1 Å². The molecule has 1 aliphatic rings. The van der Waals surface area contributed by atoms with Crippen molar-refractivity contribution < 1.29 is 13.9 Å². The molecule has 0 spiro atoms. The number of morpholine rings is 1. The van der Waals surface area contributed by atoms with Gasteiger partial charge in [0, 0.05) is 30.5 Å². The van der Waals surface area contributed by atoms with Crippen molar-refractivity contribution in [3.8, 4) is 5.75 Å². The van der Waals surface area contributed by atoms with Crippen molar-refractivity contribution in [2.24, 2.45) is 0 Å². The van der Waals surface area contributed by atoms with Crippen molar-refractivity contribution in [2.75, 3.05) is 48.9 Å². The fourth-order valence-electron chi connectivity index (χ4n) is 2.91. The van der Waals surface area contributed by atoms with Crippen LogP contribution in [0.2, 0.25) is 0 Å². The van der Waals surface area contributed by atoms with Crippen LogP contribution in [-0.2, 0) is 4.74 Å². The van der Waals surface area contributed by atoms with Crippen LogP contribution >= 0.6 is 12.4 Å². The number of hydrogen-bond acceptors (Lipinski definition) is 8. The highest BCUT2D eigenvalue weighted by atomic mass is 35.5. The van der Waals surface area contributed by atoms with Crippen LogP contribution in [0.1, 0.15) is 0 Å². The van der Waals surface area contributed by atoms with E-state index < -0.39 is 0 Å². The molecule has 0 aliphatic carbocycles. The minimum absolute atomic E-state index is 0. The second-order valence-electron chi connectivity index (χ2n) is 6.37. The Labute approximate surface area is 179 Å². The molecular formula is C20H22ClFN6O2. The number of halogens is 2. The summed E-state index contributed by atoms with van der Waals surface area (Å²) in [7, 11) is 1.61. The molecule has 0 atom stereocenters. The number of nitrogens with zero attached hydrogens (tertiary/aromatic N) is 4. The Hall–Kier alpha value is -3.17. The summed E-state index contributed by atoms with van der Waals surface area (Å²) in [4.78, 5) is 15.5. The van der Waals surface area contributed by atoms with Crippen molar-refractivity contribution >= 4 is 41.6 Å². The van der Waals surface area contributed by atoms with Crippen LogP contribution in [0.4, 0.5) is 33.6 Å². The van der Waals surface area contributed by atoms with Gasteiger partial charge in [-0.2, -0.15) is 15.0 Å². The normalized spacial score (nSPS) is 13.3. The molecule has 1 saturated heterocycles. The van der Waals surface area contributed by atoms with E-state index in [-0.39, 0.29) is 18.2 Å². The van der Waals surface area contributed by atoms with Gasteiger partial charge in [0.2, 0.25) is 17.8 Å². The Morgan fingerprint density at radius 1 is 0.933 bits per heavy atom. The number of rotatable bonds is 6. The summed E-state index contributed by atoms with van der Waals surface area (Å²) in [5.41, 5.74) is 1.33. The van der Waals surface area contributed by atoms with E-state index in [9.17, 15) is 4.39 Å². The molecule has 158 valence electrons. The molecule has 2 heterocycles. The molecule has 0 saturated carbocycles. The number of hydrogen-bond donors (Lipinski definition) is 2. The molecule has 3 aromatic rings. The van der Waals surface area contributed by atoms with Gasteiger partial charge in [-0.3, -0.25) is 0 Å². The molecule has 0 amide bonds. The maximum atomic E-state index is 13.5. The number of benzene rings is 2. The molecule has 2 aromatic carbocycles. The quantitative estimate of drug-likeness (QED) is 0.609. The van der Waals surface area contributed by atoms with Gasteiger partial charge in [-0.05, 0) is 30.3 Å². The topological polar surface area (TPSA) is 84.4 Å². The number of nitrogens with one attached hydrogen (secondary N) is 2. The van der Waals surface area contributed by atoms with Crippen LogP contribution in [-0.4, -0.2) is 48.4 Å². The van der Waals surface area contributed by atoms with Crippen molar-refractivity contribution in [1.29, 1.82) is 0 Å². The Morgan fingerprint density at radius 2 is 1.57 bits per heavy atom. The monoisotopic (exact) mass is 432 g/mol. The first kappa shape index (κ1) is 21.5. The number of anilines is 5. The first-order valence-corrected chi connectivity index (χ1v) is 9.22. The summed E-state index contributed by atoms with van der Waals surface area (Å²) in [6, 6.07) is 13.6. The molecule has 1 aliphatic heterocycles. The third kappa shape index (κ3) is 5.46. The largest absolute Gasteiger partial charge is 0.497 e. The number of ether oxygens (including phenoxy) is 2. The predicted molar refractivity (Wildman–Crippen MR) is 116 cm³/mol. The van der Waals surface area contributed by atoms with Crippen LogP contribution in [0.5, 0.6) is 5.75 Å².